The van der Waals surface area contributed by atoms with Crippen LogP contribution >= 0.6 is 11.3 Å². The number of aryl methyl sites for hydroxylation is 2. The lowest BCUT2D eigenvalue weighted by Crippen LogP contribution is -2.50. The lowest BCUT2D eigenvalue weighted by molar-refractivity contribution is -0.871. The third kappa shape index (κ3) is 6.98. The van der Waals surface area contributed by atoms with Crippen molar-refractivity contribution in [2.45, 2.75) is 25.3 Å². The van der Waals surface area contributed by atoms with E-state index in [2.05, 4.69) is 17.4 Å². The van der Waals surface area contributed by atoms with Crippen LogP contribution in [0.2, 0.25) is 0 Å². The fourth-order valence-electron chi connectivity index (χ4n) is 2.83. The molecule has 1 atom stereocenters. The summed E-state index contributed by atoms with van der Waals surface area (Å²) >= 11 is 1.46. The first-order valence-electron chi connectivity index (χ1n) is 8.67. The van der Waals surface area contributed by atoms with Crippen molar-refractivity contribution in [3.05, 3.63) is 57.8 Å². The maximum atomic E-state index is 12.5. The number of amides is 1. The first-order valence-corrected chi connectivity index (χ1v) is 9.48. The van der Waals surface area contributed by atoms with Crippen molar-refractivity contribution < 1.29 is 19.2 Å². The molecule has 1 amide bonds. The van der Waals surface area contributed by atoms with Crippen LogP contribution in [-0.4, -0.2) is 50.1 Å². The average molecular weight is 375 g/mol. The van der Waals surface area contributed by atoms with Crippen LogP contribution in [0.1, 0.15) is 26.5 Å². The Hall–Kier alpha value is -2.18. The largest absolute Gasteiger partial charge is 0.550 e. The minimum atomic E-state index is -1.15. The van der Waals surface area contributed by atoms with Crippen LogP contribution in [0.25, 0.3) is 0 Å². The van der Waals surface area contributed by atoms with Gasteiger partial charge in [-0.2, -0.15) is 0 Å². The van der Waals surface area contributed by atoms with Crippen LogP contribution < -0.4 is 10.4 Å². The van der Waals surface area contributed by atoms with Crippen molar-refractivity contribution in [1.82, 2.24) is 5.32 Å². The number of thiophene rings is 1. The van der Waals surface area contributed by atoms with Crippen molar-refractivity contribution in [2.75, 3.05) is 27.7 Å². The van der Waals surface area contributed by atoms with Crippen molar-refractivity contribution in [3.8, 4) is 0 Å². The summed E-state index contributed by atoms with van der Waals surface area (Å²) in [6.07, 6.45) is 1.62. The third-order valence-corrected chi connectivity index (χ3v) is 5.05. The Morgan fingerprint density at radius 3 is 2.38 bits per heavy atom. The predicted molar refractivity (Wildman–Crippen MR) is 102 cm³/mol. The van der Waals surface area contributed by atoms with Crippen molar-refractivity contribution in [1.29, 1.82) is 0 Å². The molecule has 2 rings (SSSR count). The fourth-order valence-corrected chi connectivity index (χ4v) is 3.74. The number of aliphatic carboxylic acids is 1. The van der Waals surface area contributed by atoms with E-state index in [0.717, 1.165) is 17.7 Å². The maximum absolute atomic E-state index is 12.5. The van der Waals surface area contributed by atoms with Crippen LogP contribution in [0.15, 0.2) is 42.5 Å². The SMILES string of the molecule is C[N+](C)(C)CC(CC(=O)[O-])NC(=O)c1ccc(CCc2ccccc2)s1. The summed E-state index contributed by atoms with van der Waals surface area (Å²) in [6, 6.07) is 13.5. The van der Waals surface area contributed by atoms with Gasteiger partial charge < -0.3 is 19.7 Å². The third-order valence-electron chi connectivity index (χ3n) is 3.90. The highest BCUT2D eigenvalue weighted by Gasteiger charge is 2.21. The summed E-state index contributed by atoms with van der Waals surface area (Å²) in [4.78, 5) is 25.2. The number of nitrogens with zero attached hydrogens (tertiary/aromatic N) is 1. The highest BCUT2D eigenvalue weighted by molar-refractivity contribution is 7.14. The van der Waals surface area contributed by atoms with Crippen LogP contribution in [0.3, 0.4) is 0 Å². The smallest absolute Gasteiger partial charge is 0.261 e. The van der Waals surface area contributed by atoms with Crippen LogP contribution in [0.4, 0.5) is 0 Å². The van der Waals surface area contributed by atoms with E-state index >= 15 is 0 Å². The molecular formula is C20H26N2O3S. The first-order chi connectivity index (χ1) is 12.2. The van der Waals surface area contributed by atoms with Gasteiger partial charge in [0.1, 0.15) is 0 Å². The van der Waals surface area contributed by atoms with E-state index in [-0.39, 0.29) is 12.3 Å². The van der Waals surface area contributed by atoms with E-state index in [9.17, 15) is 14.7 Å². The number of carboxylic acid groups (broad SMARTS) is 1. The van der Waals surface area contributed by atoms with E-state index in [1.807, 2.05) is 51.5 Å². The average Bonchev–Trinajstić information content (AvgIpc) is 3.00. The number of carbonyl (C=O) groups excluding carboxylic acids is 2. The van der Waals surface area contributed by atoms with Crippen molar-refractivity contribution >= 4 is 23.2 Å². The van der Waals surface area contributed by atoms with Gasteiger partial charge in [0, 0.05) is 17.3 Å². The molecule has 5 nitrogen and oxygen atoms in total. The molecule has 0 aliphatic rings. The fraction of sp³-hybridized carbons (Fsp3) is 0.400. The summed E-state index contributed by atoms with van der Waals surface area (Å²) < 4.78 is 0.561. The van der Waals surface area contributed by atoms with E-state index < -0.39 is 12.0 Å². The normalized spacial score (nSPS) is 12.6. The van der Waals surface area contributed by atoms with Gasteiger partial charge in [0.15, 0.2) is 0 Å². The molecule has 0 spiro atoms. The zero-order valence-electron chi connectivity index (χ0n) is 15.5. The Labute approximate surface area is 158 Å². The molecule has 0 bridgehead atoms. The summed E-state index contributed by atoms with van der Waals surface area (Å²) in [6.45, 7) is 0.520. The number of rotatable bonds is 9. The number of likely N-dealkylation sites (N-methyl/N-ethyl adjacent to an activating group) is 1. The van der Waals surface area contributed by atoms with Gasteiger partial charge in [-0.3, -0.25) is 4.79 Å². The van der Waals surface area contributed by atoms with Crippen LogP contribution in [0, 0.1) is 0 Å². The molecule has 140 valence electrons. The molecular weight excluding hydrogens is 348 g/mol. The van der Waals surface area contributed by atoms with Crippen molar-refractivity contribution in [3.63, 3.8) is 0 Å². The Morgan fingerprint density at radius 2 is 1.77 bits per heavy atom. The van der Waals surface area contributed by atoms with Crippen LogP contribution in [0.5, 0.6) is 0 Å². The van der Waals surface area contributed by atoms with Crippen molar-refractivity contribution in [2.24, 2.45) is 0 Å². The second kappa shape index (κ2) is 8.96. The van der Waals surface area contributed by atoms with E-state index in [1.54, 1.807) is 0 Å². The number of quaternary nitrogens is 1. The molecule has 0 fully saturated rings. The molecule has 1 aromatic heterocycles. The zero-order valence-corrected chi connectivity index (χ0v) is 16.3. The standard InChI is InChI=1S/C20H26N2O3S/c1-22(2,3)14-16(13-19(23)24)21-20(25)18-12-11-17(26-18)10-9-15-7-5-4-6-8-15/h4-8,11-12,16H,9-10,13-14H2,1-3H3,(H-,21,23,24,25). The number of carbonyl (C=O) groups is 2. The Balaban J connectivity index is 1.95. The summed E-state index contributed by atoms with van der Waals surface area (Å²) in [5.41, 5.74) is 1.27. The Kier molecular flexibility index (Phi) is 6.94. The van der Waals surface area contributed by atoms with E-state index in [0.29, 0.717) is 15.9 Å². The molecule has 6 heteroatoms. The monoisotopic (exact) mass is 374 g/mol. The van der Waals surface area contributed by atoms with E-state index in [1.165, 1.54) is 16.9 Å². The minimum Gasteiger partial charge on any atom is -0.550 e. The second-order valence-corrected chi connectivity index (χ2v) is 8.64. The highest BCUT2D eigenvalue weighted by atomic mass is 32.1. The van der Waals surface area contributed by atoms with E-state index in [4.69, 9.17) is 0 Å². The van der Waals surface area contributed by atoms with Crippen LogP contribution in [-0.2, 0) is 17.6 Å². The molecule has 0 saturated carbocycles. The lowest BCUT2D eigenvalue weighted by Gasteiger charge is -2.29. The molecule has 0 radical (unpaired) electrons. The highest BCUT2D eigenvalue weighted by Crippen LogP contribution is 2.19. The second-order valence-electron chi connectivity index (χ2n) is 7.47. The molecule has 1 unspecified atom stereocenters. The zero-order chi connectivity index (χ0) is 19.2. The Morgan fingerprint density at radius 1 is 1.08 bits per heavy atom. The van der Waals surface area contributed by atoms with Gasteiger partial charge in [0.05, 0.1) is 38.6 Å². The minimum absolute atomic E-state index is 0.187. The van der Waals surface area contributed by atoms with Gasteiger partial charge in [-0.25, -0.2) is 0 Å². The quantitative estimate of drug-likeness (QED) is 0.676. The number of hydrogen-bond acceptors (Lipinski definition) is 4. The Bertz CT molecular complexity index is 735. The molecule has 2 aromatic rings. The van der Waals surface area contributed by atoms with Gasteiger partial charge in [0.25, 0.3) is 5.91 Å². The molecule has 0 aliphatic heterocycles. The predicted octanol–water partition coefficient (Wildman–Crippen LogP) is 1.48. The molecule has 1 N–H and O–H groups in total. The maximum Gasteiger partial charge on any atom is 0.261 e. The number of carboxylic acids is 1. The summed E-state index contributed by atoms with van der Waals surface area (Å²) in [5, 5.41) is 13.8. The molecule has 0 saturated heterocycles. The van der Waals surface area contributed by atoms with Gasteiger partial charge in [0.2, 0.25) is 0 Å². The molecule has 0 aliphatic carbocycles. The number of benzene rings is 1. The molecule has 26 heavy (non-hydrogen) atoms. The molecule has 1 aromatic carbocycles. The first kappa shape index (κ1) is 20.1. The number of hydrogen-bond donors (Lipinski definition) is 1. The van der Waals surface area contributed by atoms with Gasteiger partial charge in [-0.15, -0.1) is 11.3 Å². The van der Waals surface area contributed by atoms with Gasteiger partial charge in [-0.1, -0.05) is 30.3 Å². The topological polar surface area (TPSA) is 69.2 Å². The summed E-state index contributed by atoms with van der Waals surface area (Å²) in [5.74, 6) is -1.38. The van der Waals surface area contributed by atoms with Gasteiger partial charge >= 0.3 is 0 Å². The summed E-state index contributed by atoms with van der Waals surface area (Å²) in [7, 11) is 5.88. The van der Waals surface area contributed by atoms with Gasteiger partial charge in [-0.05, 0) is 30.5 Å². The number of nitrogens with one attached hydrogen (secondary N) is 1. The molecule has 1 heterocycles. The lowest BCUT2D eigenvalue weighted by atomic mass is 10.1.